The van der Waals surface area contributed by atoms with Crippen LogP contribution in [0.15, 0.2) is 30.3 Å². The van der Waals surface area contributed by atoms with Gasteiger partial charge in [0.2, 0.25) is 5.91 Å². The molecule has 1 aromatic carbocycles. The van der Waals surface area contributed by atoms with Gasteiger partial charge >= 0.3 is 0 Å². The van der Waals surface area contributed by atoms with Gasteiger partial charge in [-0.2, -0.15) is 0 Å². The van der Waals surface area contributed by atoms with E-state index in [0.29, 0.717) is 13.2 Å². The number of para-hydroxylation sites is 1. The van der Waals surface area contributed by atoms with Crippen LogP contribution < -0.4 is 10.6 Å². The Hall–Kier alpha value is -1.39. The molecule has 0 aromatic heterocycles. The Morgan fingerprint density at radius 2 is 2.06 bits per heavy atom. The highest BCUT2D eigenvalue weighted by Crippen LogP contribution is 2.05. The predicted molar refractivity (Wildman–Crippen MR) is 64.4 cm³/mol. The Balaban J connectivity index is 2.34. The van der Waals surface area contributed by atoms with Crippen molar-refractivity contribution in [2.24, 2.45) is 0 Å². The summed E-state index contributed by atoms with van der Waals surface area (Å²) < 4.78 is 4.90. The molecule has 1 rings (SSSR count). The molecule has 0 radical (unpaired) electrons. The fourth-order valence-corrected chi connectivity index (χ4v) is 1.24. The Bertz CT molecular complexity index is 314. The van der Waals surface area contributed by atoms with Crippen LogP contribution in [0.3, 0.4) is 0 Å². The van der Waals surface area contributed by atoms with Crippen LogP contribution >= 0.6 is 0 Å². The van der Waals surface area contributed by atoms with Crippen molar-refractivity contribution in [3.8, 4) is 0 Å². The molecule has 88 valence electrons. The van der Waals surface area contributed by atoms with Crippen molar-refractivity contribution in [2.75, 3.05) is 25.6 Å². The van der Waals surface area contributed by atoms with E-state index in [1.807, 2.05) is 37.3 Å². The average Bonchev–Trinajstić information content (AvgIpc) is 2.30. The smallest absolute Gasteiger partial charge is 0.241 e. The summed E-state index contributed by atoms with van der Waals surface area (Å²) in [6.07, 6.45) is 0. The first-order valence-corrected chi connectivity index (χ1v) is 5.32. The fraction of sp³-hybridized carbons (Fsp3) is 0.417. The molecule has 1 aromatic rings. The maximum atomic E-state index is 11.7. The molecule has 16 heavy (non-hydrogen) atoms. The molecule has 0 fully saturated rings. The number of anilines is 1. The lowest BCUT2D eigenvalue weighted by atomic mass is 10.2. The predicted octanol–water partition coefficient (Wildman–Crippen LogP) is 1.25. The summed E-state index contributed by atoms with van der Waals surface area (Å²) in [5, 5.41) is 5.89. The summed E-state index contributed by atoms with van der Waals surface area (Å²) in [5.74, 6) is -0.0395. The number of carbonyl (C=O) groups excluding carboxylic acids is 1. The van der Waals surface area contributed by atoms with E-state index in [2.05, 4.69) is 10.6 Å². The first kappa shape index (κ1) is 12.7. The van der Waals surface area contributed by atoms with E-state index in [-0.39, 0.29) is 11.9 Å². The van der Waals surface area contributed by atoms with E-state index in [1.54, 1.807) is 7.11 Å². The van der Waals surface area contributed by atoms with Crippen LogP contribution in [0.2, 0.25) is 0 Å². The van der Waals surface area contributed by atoms with Gasteiger partial charge in [0.1, 0.15) is 0 Å². The number of hydrogen-bond acceptors (Lipinski definition) is 3. The van der Waals surface area contributed by atoms with Crippen LogP contribution in [0.4, 0.5) is 5.69 Å². The van der Waals surface area contributed by atoms with Crippen LogP contribution in [0.1, 0.15) is 6.92 Å². The minimum absolute atomic E-state index is 0.0395. The Morgan fingerprint density at radius 1 is 1.38 bits per heavy atom. The average molecular weight is 222 g/mol. The van der Waals surface area contributed by atoms with Crippen molar-refractivity contribution >= 4 is 11.6 Å². The van der Waals surface area contributed by atoms with Gasteiger partial charge in [-0.3, -0.25) is 4.79 Å². The molecule has 4 nitrogen and oxygen atoms in total. The Labute approximate surface area is 96.0 Å². The number of ether oxygens (including phenoxy) is 1. The van der Waals surface area contributed by atoms with Crippen molar-refractivity contribution in [1.29, 1.82) is 0 Å². The molecule has 1 unspecified atom stereocenters. The third kappa shape index (κ3) is 4.42. The minimum atomic E-state index is -0.227. The van der Waals surface area contributed by atoms with E-state index in [0.717, 1.165) is 5.69 Å². The molecule has 4 heteroatoms. The zero-order valence-electron chi connectivity index (χ0n) is 9.69. The highest BCUT2D eigenvalue weighted by Gasteiger charge is 2.11. The van der Waals surface area contributed by atoms with Crippen molar-refractivity contribution in [1.82, 2.24) is 5.32 Å². The molecule has 2 N–H and O–H groups in total. The highest BCUT2D eigenvalue weighted by atomic mass is 16.5. The van der Waals surface area contributed by atoms with E-state index >= 15 is 0 Å². The largest absolute Gasteiger partial charge is 0.383 e. The van der Waals surface area contributed by atoms with Crippen LogP contribution in [0, 0.1) is 0 Å². The van der Waals surface area contributed by atoms with Crippen molar-refractivity contribution in [2.45, 2.75) is 13.0 Å². The third-order valence-electron chi connectivity index (χ3n) is 2.19. The van der Waals surface area contributed by atoms with Crippen LogP contribution in [-0.2, 0) is 9.53 Å². The van der Waals surface area contributed by atoms with E-state index in [4.69, 9.17) is 4.74 Å². The zero-order chi connectivity index (χ0) is 11.8. The number of methoxy groups -OCH3 is 1. The van der Waals surface area contributed by atoms with Crippen molar-refractivity contribution in [3.63, 3.8) is 0 Å². The summed E-state index contributed by atoms with van der Waals surface area (Å²) in [6, 6.07) is 9.18. The fourth-order valence-electron chi connectivity index (χ4n) is 1.24. The Kier molecular flexibility index (Phi) is 5.53. The third-order valence-corrected chi connectivity index (χ3v) is 2.19. The molecule has 0 spiro atoms. The summed E-state index contributed by atoms with van der Waals surface area (Å²) in [6.45, 7) is 3.09. The maximum Gasteiger partial charge on any atom is 0.241 e. The standard InChI is InChI=1S/C12H18N2O2/c1-10(13-8-9-16-2)12(15)14-11-6-4-3-5-7-11/h3-7,10,13H,8-9H2,1-2H3,(H,14,15). The molecule has 0 aliphatic rings. The number of hydrogen-bond donors (Lipinski definition) is 2. The van der Waals surface area contributed by atoms with Gasteiger partial charge in [-0.05, 0) is 19.1 Å². The van der Waals surface area contributed by atoms with E-state index in [1.165, 1.54) is 0 Å². The summed E-state index contributed by atoms with van der Waals surface area (Å²) in [5.41, 5.74) is 0.813. The first-order chi connectivity index (χ1) is 7.74. The number of benzene rings is 1. The van der Waals surface area contributed by atoms with Gasteiger partial charge in [0, 0.05) is 19.3 Å². The maximum absolute atomic E-state index is 11.7. The molecule has 0 bridgehead atoms. The van der Waals surface area contributed by atoms with Gasteiger partial charge in [-0.15, -0.1) is 0 Å². The Morgan fingerprint density at radius 3 is 2.69 bits per heavy atom. The SMILES string of the molecule is COCCNC(C)C(=O)Nc1ccccc1. The lowest BCUT2D eigenvalue weighted by Crippen LogP contribution is -2.39. The monoisotopic (exact) mass is 222 g/mol. The topological polar surface area (TPSA) is 50.4 Å². The lowest BCUT2D eigenvalue weighted by Gasteiger charge is -2.13. The molecule has 0 heterocycles. The van der Waals surface area contributed by atoms with Gasteiger partial charge in [0.15, 0.2) is 0 Å². The normalized spacial score (nSPS) is 12.1. The van der Waals surface area contributed by atoms with Crippen molar-refractivity contribution < 1.29 is 9.53 Å². The van der Waals surface area contributed by atoms with E-state index in [9.17, 15) is 4.79 Å². The number of carbonyl (C=O) groups is 1. The molecule has 1 atom stereocenters. The molecule has 0 saturated heterocycles. The van der Waals surface area contributed by atoms with Crippen LogP contribution in [0.25, 0.3) is 0 Å². The molecular weight excluding hydrogens is 204 g/mol. The molecule has 1 amide bonds. The quantitative estimate of drug-likeness (QED) is 0.712. The second kappa shape index (κ2) is 6.98. The summed E-state index contributed by atoms with van der Waals surface area (Å²) >= 11 is 0. The molecule has 0 aliphatic heterocycles. The summed E-state index contributed by atoms with van der Waals surface area (Å²) in [4.78, 5) is 11.7. The van der Waals surface area contributed by atoms with Gasteiger partial charge in [0.05, 0.1) is 12.6 Å². The lowest BCUT2D eigenvalue weighted by molar-refractivity contribution is -0.117. The number of amides is 1. The second-order valence-electron chi connectivity index (χ2n) is 3.52. The van der Waals surface area contributed by atoms with Gasteiger partial charge in [-0.25, -0.2) is 0 Å². The zero-order valence-corrected chi connectivity index (χ0v) is 9.69. The van der Waals surface area contributed by atoms with E-state index < -0.39 is 0 Å². The van der Waals surface area contributed by atoms with Crippen LogP contribution in [0.5, 0.6) is 0 Å². The van der Waals surface area contributed by atoms with Gasteiger partial charge in [-0.1, -0.05) is 18.2 Å². The second-order valence-corrected chi connectivity index (χ2v) is 3.52. The molecule has 0 aliphatic carbocycles. The number of rotatable bonds is 6. The molecule has 0 saturated carbocycles. The van der Waals surface area contributed by atoms with Gasteiger partial charge < -0.3 is 15.4 Å². The van der Waals surface area contributed by atoms with Crippen molar-refractivity contribution in [3.05, 3.63) is 30.3 Å². The van der Waals surface area contributed by atoms with Gasteiger partial charge in [0.25, 0.3) is 0 Å². The summed E-state index contributed by atoms with van der Waals surface area (Å²) in [7, 11) is 1.64. The molecular formula is C12H18N2O2. The minimum Gasteiger partial charge on any atom is -0.383 e. The highest BCUT2D eigenvalue weighted by molar-refractivity contribution is 5.94. The number of nitrogens with one attached hydrogen (secondary N) is 2. The van der Waals surface area contributed by atoms with Crippen LogP contribution in [-0.4, -0.2) is 32.2 Å². The first-order valence-electron chi connectivity index (χ1n) is 5.32.